The molecule has 1 amide bonds. The van der Waals surface area contributed by atoms with Crippen LogP contribution < -0.4 is 4.74 Å². The summed E-state index contributed by atoms with van der Waals surface area (Å²) in [6, 6.07) is 15.0. The number of benzene rings is 2. The highest BCUT2D eigenvalue weighted by Crippen LogP contribution is 2.37. The van der Waals surface area contributed by atoms with Gasteiger partial charge in [0.2, 0.25) is 0 Å². The molecule has 0 bridgehead atoms. The summed E-state index contributed by atoms with van der Waals surface area (Å²) in [5.74, 6) is 0.993. The zero-order valence-corrected chi connectivity index (χ0v) is 17.1. The molecule has 6 heteroatoms. The molecular formula is C21H21ClN2O2S. The van der Waals surface area contributed by atoms with Gasteiger partial charge >= 0.3 is 0 Å². The fourth-order valence-electron chi connectivity index (χ4n) is 2.69. The van der Waals surface area contributed by atoms with Gasteiger partial charge in [-0.25, -0.2) is 4.99 Å². The topological polar surface area (TPSA) is 41.9 Å². The number of thioether (sulfide) groups is 1. The van der Waals surface area contributed by atoms with Crippen molar-refractivity contribution >= 4 is 46.2 Å². The minimum Gasteiger partial charge on any atom is -0.496 e. The third-order valence-electron chi connectivity index (χ3n) is 3.93. The maximum Gasteiger partial charge on any atom is 0.266 e. The highest BCUT2D eigenvalue weighted by atomic mass is 35.5. The van der Waals surface area contributed by atoms with E-state index < -0.39 is 0 Å². The molecule has 1 saturated heterocycles. The number of amidine groups is 1. The predicted octanol–water partition coefficient (Wildman–Crippen LogP) is 5.61. The summed E-state index contributed by atoms with van der Waals surface area (Å²) in [5.41, 5.74) is 1.51. The maximum absolute atomic E-state index is 13.0. The fraction of sp³-hybridized carbons (Fsp3) is 0.238. The second-order valence-electron chi connectivity index (χ2n) is 6.51. The van der Waals surface area contributed by atoms with Crippen molar-refractivity contribution in [2.75, 3.05) is 13.7 Å². The summed E-state index contributed by atoms with van der Waals surface area (Å²) in [5, 5.41) is 1.20. The zero-order chi connectivity index (χ0) is 19.4. The molecule has 2 aromatic carbocycles. The van der Waals surface area contributed by atoms with Crippen LogP contribution in [0.3, 0.4) is 0 Å². The first-order chi connectivity index (χ1) is 13.0. The van der Waals surface area contributed by atoms with E-state index >= 15 is 0 Å². The Kier molecular flexibility index (Phi) is 6.24. The Morgan fingerprint density at radius 2 is 1.89 bits per heavy atom. The third-order valence-corrected chi connectivity index (χ3v) is 5.26. The Morgan fingerprint density at radius 1 is 1.19 bits per heavy atom. The number of nitrogens with zero attached hydrogens (tertiary/aromatic N) is 2. The number of hydrogen-bond donors (Lipinski definition) is 0. The number of amides is 1. The van der Waals surface area contributed by atoms with Crippen molar-refractivity contribution in [2.45, 2.75) is 13.8 Å². The van der Waals surface area contributed by atoms with Crippen LogP contribution in [0, 0.1) is 5.92 Å². The first-order valence-electron chi connectivity index (χ1n) is 8.67. The highest BCUT2D eigenvalue weighted by Gasteiger charge is 2.34. The summed E-state index contributed by atoms with van der Waals surface area (Å²) in [6.07, 6.45) is 1.86. The highest BCUT2D eigenvalue weighted by molar-refractivity contribution is 8.18. The molecule has 0 aromatic heterocycles. The molecule has 1 aliphatic rings. The molecule has 3 rings (SSSR count). The lowest BCUT2D eigenvalue weighted by Crippen LogP contribution is -2.32. The number of carbonyl (C=O) groups excluding carboxylic acids is 1. The van der Waals surface area contributed by atoms with Gasteiger partial charge in [0.05, 0.1) is 22.7 Å². The first kappa shape index (κ1) is 19.5. The van der Waals surface area contributed by atoms with E-state index in [2.05, 4.69) is 18.8 Å². The van der Waals surface area contributed by atoms with E-state index in [0.29, 0.717) is 33.2 Å². The standard InChI is InChI=1S/C21H21ClN2O2S/c1-14(2)13-24-20(25)19(12-15-8-4-7-11-18(15)26-3)27-21(24)23-17-10-6-5-9-16(17)22/h4-12,14H,13H2,1-3H3/b19-12+,23-21?. The van der Waals surface area contributed by atoms with Gasteiger partial charge in [-0.2, -0.15) is 0 Å². The Balaban J connectivity index is 2.00. The number of hydrogen-bond acceptors (Lipinski definition) is 4. The molecule has 0 N–H and O–H groups in total. The summed E-state index contributed by atoms with van der Waals surface area (Å²) < 4.78 is 5.39. The maximum atomic E-state index is 13.0. The fourth-order valence-corrected chi connectivity index (χ4v) is 3.86. The lowest BCUT2D eigenvalue weighted by molar-refractivity contribution is -0.122. The quantitative estimate of drug-likeness (QED) is 0.612. The van der Waals surface area contributed by atoms with Gasteiger partial charge in [-0.05, 0) is 42.0 Å². The van der Waals surface area contributed by atoms with Crippen LogP contribution in [-0.4, -0.2) is 29.6 Å². The van der Waals surface area contributed by atoms with E-state index in [0.717, 1.165) is 11.3 Å². The van der Waals surface area contributed by atoms with Crippen molar-refractivity contribution in [3.05, 3.63) is 64.0 Å². The molecule has 4 nitrogen and oxygen atoms in total. The Bertz CT molecular complexity index is 909. The van der Waals surface area contributed by atoms with Gasteiger partial charge in [-0.1, -0.05) is 55.8 Å². The van der Waals surface area contributed by atoms with E-state index in [1.165, 1.54) is 11.8 Å². The second-order valence-corrected chi connectivity index (χ2v) is 7.92. The number of methoxy groups -OCH3 is 1. The smallest absolute Gasteiger partial charge is 0.266 e. The van der Waals surface area contributed by atoms with E-state index in [9.17, 15) is 4.79 Å². The third kappa shape index (κ3) is 4.54. The largest absolute Gasteiger partial charge is 0.496 e. The van der Waals surface area contributed by atoms with Gasteiger partial charge in [0.15, 0.2) is 5.17 Å². The van der Waals surface area contributed by atoms with Crippen molar-refractivity contribution < 1.29 is 9.53 Å². The zero-order valence-electron chi connectivity index (χ0n) is 15.5. The first-order valence-corrected chi connectivity index (χ1v) is 9.86. The normalized spacial score (nSPS) is 17.4. The van der Waals surface area contributed by atoms with Gasteiger partial charge in [0, 0.05) is 12.1 Å². The predicted molar refractivity (Wildman–Crippen MR) is 114 cm³/mol. The molecule has 0 saturated carbocycles. The molecule has 1 aliphatic heterocycles. The summed E-state index contributed by atoms with van der Waals surface area (Å²) in [6.45, 7) is 4.75. The van der Waals surface area contributed by atoms with Crippen LogP contribution in [0.15, 0.2) is 58.4 Å². The number of carbonyl (C=O) groups is 1. The average molecular weight is 401 g/mol. The van der Waals surface area contributed by atoms with Crippen LogP contribution in [-0.2, 0) is 4.79 Å². The van der Waals surface area contributed by atoms with E-state index in [1.807, 2.05) is 48.5 Å². The van der Waals surface area contributed by atoms with Crippen molar-refractivity contribution in [2.24, 2.45) is 10.9 Å². The molecule has 2 aromatic rings. The minimum atomic E-state index is -0.0505. The van der Waals surface area contributed by atoms with Crippen LogP contribution in [0.5, 0.6) is 5.75 Å². The number of halogens is 1. The molecule has 1 fully saturated rings. The second kappa shape index (κ2) is 8.63. The van der Waals surface area contributed by atoms with E-state index in [1.54, 1.807) is 18.1 Å². The van der Waals surface area contributed by atoms with Gasteiger partial charge in [-0.3, -0.25) is 9.69 Å². The van der Waals surface area contributed by atoms with E-state index in [-0.39, 0.29) is 5.91 Å². The Morgan fingerprint density at radius 3 is 2.59 bits per heavy atom. The monoisotopic (exact) mass is 400 g/mol. The molecular weight excluding hydrogens is 380 g/mol. The van der Waals surface area contributed by atoms with E-state index in [4.69, 9.17) is 16.3 Å². The van der Waals surface area contributed by atoms with Crippen LogP contribution in [0.2, 0.25) is 5.02 Å². The number of ether oxygens (including phenoxy) is 1. The average Bonchev–Trinajstić information content (AvgIpc) is 2.92. The lowest BCUT2D eigenvalue weighted by Gasteiger charge is -2.17. The number of rotatable bonds is 5. The Hall–Kier alpha value is -2.24. The number of para-hydroxylation sites is 2. The van der Waals surface area contributed by atoms with Crippen LogP contribution in [0.25, 0.3) is 6.08 Å². The van der Waals surface area contributed by atoms with Crippen molar-refractivity contribution in [1.82, 2.24) is 4.90 Å². The van der Waals surface area contributed by atoms with Gasteiger partial charge in [0.25, 0.3) is 5.91 Å². The lowest BCUT2D eigenvalue weighted by atomic mass is 10.1. The van der Waals surface area contributed by atoms with Crippen LogP contribution in [0.4, 0.5) is 5.69 Å². The molecule has 0 atom stereocenters. The molecule has 0 spiro atoms. The molecule has 27 heavy (non-hydrogen) atoms. The minimum absolute atomic E-state index is 0.0505. The number of aliphatic imine (C=N–C) groups is 1. The van der Waals surface area contributed by atoms with Gasteiger partial charge < -0.3 is 4.74 Å². The van der Waals surface area contributed by atoms with Crippen molar-refractivity contribution in [3.8, 4) is 5.75 Å². The van der Waals surface area contributed by atoms with Gasteiger partial charge in [-0.15, -0.1) is 0 Å². The molecule has 1 heterocycles. The van der Waals surface area contributed by atoms with Gasteiger partial charge in [0.1, 0.15) is 5.75 Å². The molecule has 0 aliphatic carbocycles. The van der Waals surface area contributed by atoms with Crippen LogP contribution >= 0.6 is 23.4 Å². The SMILES string of the molecule is COc1ccccc1/C=C1/SC(=Nc2ccccc2Cl)N(CC(C)C)C1=O. The summed E-state index contributed by atoms with van der Waals surface area (Å²) >= 11 is 7.61. The van der Waals surface area contributed by atoms with Crippen molar-refractivity contribution in [1.29, 1.82) is 0 Å². The van der Waals surface area contributed by atoms with Crippen LogP contribution in [0.1, 0.15) is 19.4 Å². The summed E-state index contributed by atoms with van der Waals surface area (Å²) in [4.78, 5) is 20.0. The Labute approximate surface area is 168 Å². The molecule has 0 unspecified atom stereocenters. The van der Waals surface area contributed by atoms with Crippen molar-refractivity contribution in [3.63, 3.8) is 0 Å². The summed E-state index contributed by atoms with van der Waals surface area (Å²) in [7, 11) is 1.62. The molecule has 140 valence electrons. The molecule has 0 radical (unpaired) electrons.